The van der Waals surface area contributed by atoms with Crippen molar-refractivity contribution in [2.24, 2.45) is 11.8 Å². The second kappa shape index (κ2) is 10.9. The molecular formula is C31H34ClN3O5. The Labute approximate surface area is 239 Å². The number of carbonyl (C=O) groups is 3. The van der Waals surface area contributed by atoms with E-state index < -0.39 is 29.6 Å². The smallest absolute Gasteiger partial charge is 0.246 e. The van der Waals surface area contributed by atoms with Gasteiger partial charge in [-0.2, -0.15) is 0 Å². The van der Waals surface area contributed by atoms with E-state index in [0.29, 0.717) is 23.1 Å². The van der Waals surface area contributed by atoms with Crippen LogP contribution in [0, 0.1) is 11.8 Å². The number of hydrogen-bond donors (Lipinski definition) is 2. The number of hydrogen-bond acceptors (Lipinski definition) is 5. The predicted octanol–water partition coefficient (Wildman–Crippen LogP) is 4.48. The van der Waals surface area contributed by atoms with E-state index in [9.17, 15) is 14.4 Å². The Morgan fingerprint density at radius 3 is 2.48 bits per heavy atom. The van der Waals surface area contributed by atoms with Crippen LogP contribution in [0.1, 0.15) is 44.6 Å². The van der Waals surface area contributed by atoms with Gasteiger partial charge in [-0.25, -0.2) is 0 Å². The number of benzene rings is 2. The molecule has 4 aliphatic rings. The van der Waals surface area contributed by atoms with E-state index in [1.807, 2.05) is 31.2 Å². The molecule has 0 radical (unpaired) electrons. The minimum Gasteiger partial charge on any atom is -0.494 e. The fourth-order valence-corrected chi connectivity index (χ4v) is 6.90. The van der Waals surface area contributed by atoms with Gasteiger partial charge in [0.25, 0.3) is 0 Å². The molecule has 2 aromatic carbocycles. The predicted molar refractivity (Wildman–Crippen MR) is 151 cm³/mol. The Hall–Kier alpha value is -3.36. The third kappa shape index (κ3) is 4.77. The first-order valence-corrected chi connectivity index (χ1v) is 14.5. The van der Waals surface area contributed by atoms with Gasteiger partial charge in [0.1, 0.15) is 17.4 Å². The molecule has 2 saturated heterocycles. The second-order valence-electron chi connectivity index (χ2n) is 11.1. The van der Waals surface area contributed by atoms with Gasteiger partial charge in [-0.15, -0.1) is 0 Å². The first-order chi connectivity index (χ1) is 19.4. The highest BCUT2D eigenvalue weighted by molar-refractivity contribution is 6.30. The molecule has 2 bridgehead atoms. The molecule has 1 saturated carbocycles. The van der Waals surface area contributed by atoms with Crippen LogP contribution in [0.5, 0.6) is 5.75 Å². The van der Waals surface area contributed by atoms with E-state index in [4.69, 9.17) is 21.1 Å². The van der Waals surface area contributed by atoms with Crippen molar-refractivity contribution in [1.82, 2.24) is 10.2 Å². The molecule has 2 aromatic rings. The Morgan fingerprint density at radius 1 is 1.05 bits per heavy atom. The van der Waals surface area contributed by atoms with Crippen LogP contribution in [0.2, 0.25) is 5.02 Å². The van der Waals surface area contributed by atoms with Crippen molar-refractivity contribution in [3.63, 3.8) is 0 Å². The minimum absolute atomic E-state index is 0.0746. The molecule has 210 valence electrons. The molecule has 6 rings (SSSR count). The van der Waals surface area contributed by atoms with Crippen molar-refractivity contribution >= 4 is 35.0 Å². The summed E-state index contributed by atoms with van der Waals surface area (Å²) in [7, 11) is 0. The van der Waals surface area contributed by atoms with Crippen LogP contribution in [-0.4, -0.2) is 53.0 Å². The maximum Gasteiger partial charge on any atom is 0.246 e. The largest absolute Gasteiger partial charge is 0.494 e. The molecule has 0 aromatic heterocycles. The minimum atomic E-state index is -1.20. The molecule has 5 atom stereocenters. The molecule has 9 heteroatoms. The molecule has 3 amide bonds. The zero-order valence-corrected chi connectivity index (χ0v) is 23.2. The third-order valence-corrected chi connectivity index (χ3v) is 8.83. The summed E-state index contributed by atoms with van der Waals surface area (Å²) in [4.78, 5) is 43.3. The Morgan fingerprint density at radius 2 is 1.77 bits per heavy atom. The third-order valence-electron chi connectivity index (χ3n) is 8.58. The average molecular weight is 564 g/mol. The highest BCUT2D eigenvalue weighted by atomic mass is 35.5. The molecule has 40 heavy (non-hydrogen) atoms. The van der Waals surface area contributed by atoms with Crippen LogP contribution >= 0.6 is 11.6 Å². The van der Waals surface area contributed by atoms with Gasteiger partial charge in [0.2, 0.25) is 17.7 Å². The zero-order valence-electron chi connectivity index (χ0n) is 22.5. The van der Waals surface area contributed by atoms with Crippen molar-refractivity contribution < 1.29 is 23.9 Å². The topological polar surface area (TPSA) is 97.0 Å². The summed E-state index contributed by atoms with van der Waals surface area (Å²) in [6.45, 7) is 2.67. The first-order valence-electron chi connectivity index (χ1n) is 14.2. The van der Waals surface area contributed by atoms with Gasteiger partial charge in [0.05, 0.1) is 24.5 Å². The lowest BCUT2D eigenvalue weighted by atomic mass is 9.74. The molecule has 3 fully saturated rings. The van der Waals surface area contributed by atoms with Gasteiger partial charge in [-0.05, 0) is 61.7 Å². The fraction of sp³-hybridized carbons (Fsp3) is 0.452. The fourth-order valence-electron chi connectivity index (χ4n) is 6.78. The maximum atomic E-state index is 14.1. The highest BCUT2D eigenvalue weighted by Crippen LogP contribution is 2.55. The average Bonchev–Trinajstić information content (AvgIpc) is 3.59. The van der Waals surface area contributed by atoms with Crippen LogP contribution < -0.4 is 15.4 Å². The summed E-state index contributed by atoms with van der Waals surface area (Å²) in [5.74, 6) is -1.64. The van der Waals surface area contributed by atoms with E-state index in [1.54, 1.807) is 41.3 Å². The van der Waals surface area contributed by atoms with E-state index >= 15 is 0 Å². The van der Waals surface area contributed by atoms with Gasteiger partial charge in [0.15, 0.2) is 0 Å². The molecule has 2 N–H and O–H groups in total. The maximum absolute atomic E-state index is 14.1. The monoisotopic (exact) mass is 563 g/mol. The lowest BCUT2D eigenvalue weighted by Gasteiger charge is -2.34. The van der Waals surface area contributed by atoms with Crippen LogP contribution in [0.4, 0.5) is 5.69 Å². The number of halogens is 1. The number of amides is 3. The van der Waals surface area contributed by atoms with Gasteiger partial charge < -0.3 is 25.0 Å². The summed E-state index contributed by atoms with van der Waals surface area (Å²) in [5, 5.41) is 6.76. The standard InChI is InChI=1S/C31H34ClN3O5/c1-2-39-23-14-12-22(13-15-23)33-28(36)25-24-16-17-31(40-24)26(25)30(38)35(18-19-8-10-20(32)11-9-19)27(31)29(37)34-21-6-4-3-5-7-21/h8-17,21,24-27H,2-7,18H2,1H3,(H,33,36)(H,34,37). The summed E-state index contributed by atoms with van der Waals surface area (Å²) in [6.07, 6.45) is 8.25. The first kappa shape index (κ1) is 26.8. The zero-order chi connectivity index (χ0) is 27.9. The van der Waals surface area contributed by atoms with Crippen LogP contribution in [0.3, 0.4) is 0 Å². The van der Waals surface area contributed by atoms with Gasteiger partial charge in [0, 0.05) is 23.3 Å². The van der Waals surface area contributed by atoms with E-state index in [2.05, 4.69) is 10.6 Å². The molecule has 1 spiro atoms. The van der Waals surface area contributed by atoms with Crippen molar-refractivity contribution in [3.05, 3.63) is 71.3 Å². The number of ether oxygens (including phenoxy) is 2. The Bertz CT molecular complexity index is 1310. The number of anilines is 1. The summed E-state index contributed by atoms with van der Waals surface area (Å²) < 4.78 is 11.9. The number of likely N-dealkylation sites (tertiary alicyclic amines) is 1. The lowest BCUT2D eigenvalue weighted by molar-refractivity contribution is -0.142. The summed E-state index contributed by atoms with van der Waals surface area (Å²) in [6, 6.07) is 13.5. The van der Waals surface area contributed by atoms with Crippen molar-refractivity contribution in [2.45, 2.75) is 69.4 Å². The molecule has 1 aliphatic carbocycles. The van der Waals surface area contributed by atoms with Crippen LogP contribution in [-0.2, 0) is 25.7 Å². The Kier molecular flexibility index (Phi) is 7.31. The van der Waals surface area contributed by atoms with Gasteiger partial charge in [-0.3, -0.25) is 14.4 Å². The second-order valence-corrected chi connectivity index (χ2v) is 11.5. The number of nitrogens with one attached hydrogen (secondary N) is 2. The van der Waals surface area contributed by atoms with Gasteiger partial charge >= 0.3 is 0 Å². The van der Waals surface area contributed by atoms with Crippen molar-refractivity contribution in [2.75, 3.05) is 11.9 Å². The van der Waals surface area contributed by atoms with E-state index in [1.165, 1.54) is 6.42 Å². The van der Waals surface area contributed by atoms with E-state index in [-0.39, 0.29) is 30.3 Å². The molecule has 3 heterocycles. The number of nitrogens with zero attached hydrogens (tertiary/aromatic N) is 1. The summed E-state index contributed by atoms with van der Waals surface area (Å²) >= 11 is 6.09. The number of rotatable bonds is 8. The normalized spacial score (nSPS) is 28.9. The SMILES string of the molecule is CCOc1ccc(NC(=O)C2C3C=CC4(O3)C2C(=O)N(Cc2ccc(Cl)cc2)C4C(=O)NC2CCCCC2)cc1. The highest BCUT2D eigenvalue weighted by Gasteiger charge is 2.72. The molecule has 5 unspecified atom stereocenters. The molecular weight excluding hydrogens is 530 g/mol. The van der Waals surface area contributed by atoms with E-state index in [0.717, 1.165) is 31.2 Å². The van der Waals surface area contributed by atoms with Crippen molar-refractivity contribution in [3.8, 4) is 5.75 Å². The molecule has 8 nitrogen and oxygen atoms in total. The quantitative estimate of drug-likeness (QED) is 0.462. The number of carbonyl (C=O) groups excluding carboxylic acids is 3. The van der Waals surface area contributed by atoms with Crippen LogP contribution in [0.15, 0.2) is 60.7 Å². The summed E-state index contributed by atoms with van der Waals surface area (Å²) in [5.41, 5.74) is 0.246. The van der Waals surface area contributed by atoms with Crippen LogP contribution in [0.25, 0.3) is 0 Å². The Balaban J connectivity index is 1.29. The lowest BCUT2D eigenvalue weighted by Crippen LogP contribution is -2.56. The number of fused-ring (bicyclic) bond motifs is 1. The van der Waals surface area contributed by atoms with Gasteiger partial charge in [-0.1, -0.05) is 55.1 Å². The molecule has 3 aliphatic heterocycles. The van der Waals surface area contributed by atoms with Crippen molar-refractivity contribution in [1.29, 1.82) is 0 Å².